The van der Waals surface area contributed by atoms with Crippen molar-refractivity contribution in [2.75, 3.05) is 11.1 Å². The number of rotatable bonds is 7. The van der Waals surface area contributed by atoms with E-state index in [0.29, 0.717) is 22.3 Å². The van der Waals surface area contributed by atoms with E-state index < -0.39 is 0 Å². The van der Waals surface area contributed by atoms with Gasteiger partial charge in [-0.2, -0.15) is 0 Å². The largest absolute Gasteiger partial charge is 0.325 e. The summed E-state index contributed by atoms with van der Waals surface area (Å²) in [6.45, 7) is 1.89. The first-order chi connectivity index (χ1) is 17.1. The Hall–Kier alpha value is -3.61. The summed E-state index contributed by atoms with van der Waals surface area (Å²) in [6, 6.07) is 30.1. The van der Waals surface area contributed by atoms with Gasteiger partial charge in [-0.05, 0) is 53.1 Å². The summed E-state index contributed by atoms with van der Waals surface area (Å²) < 4.78 is 2.03. The van der Waals surface area contributed by atoms with Gasteiger partial charge in [0.05, 0.1) is 5.75 Å². The number of carbonyl (C=O) groups is 1. The molecule has 1 aromatic heterocycles. The first-order valence-electron chi connectivity index (χ1n) is 11.2. The molecule has 174 valence electrons. The molecule has 5 aromatic rings. The van der Waals surface area contributed by atoms with Gasteiger partial charge in [-0.1, -0.05) is 90.1 Å². The van der Waals surface area contributed by atoms with E-state index in [0.717, 1.165) is 17.1 Å². The standard InChI is InChI=1S/C28H23ClN4OS/c1-19-24(29)15-8-16-25(19)30-27(34)18-35-28-32-31-26(33(28)22-12-3-2-4-13-22)17-21-11-7-10-20-9-5-6-14-23(20)21/h2-16H,17-18H2,1H3,(H,30,34). The lowest BCUT2D eigenvalue weighted by Gasteiger charge is -2.12. The van der Waals surface area contributed by atoms with Gasteiger partial charge in [-0.15, -0.1) is 10.2 Å². The number of anilines is 1. The molecule has 1 N–H and O–H groups in total. The second-order valence-electron chi connectivity index (χ2n) is 8.13. The highest BCUT2D eigenvalue weighted by molar-refractivity contribution is 7.99. The Labute approximate surface area is 213 Å². The van der Waals surface area contributed by atoms with Crippen LogP contribution in [0.2, 0.25) is 5.02 Å². The van der Waals surface area contributed by atoms with Gasteiger partial charge >= 0.3 is 0 Å². The molecule has 5 rings (SSSR count). The Bertz CT molecular complexity index is 1490. The minimum absolute atomic E-state index is 0.126. The number of hydrogen-bond acceptors (Lipinski definition) is 4. The molecule has 1 heterocycles. The van der Waals surface area contributed by atoms with Gasteiger partial charge in [-0.25, -0.2) is 0 Å². The van der Waals surface area contributed by atoms with E-state index in [4.69, 9.17) is 11.6 Å². The van der Waals surface area contributed by atoms with Crippen LogP contribution in [0.15, 0.2) is 96.2 Å². The number of carbonyl (C=O) groups excluding carboxylic acids is 1. The highest BCUT2D eigenvalue weighted by atomic mass is 35.5. The van der Waals surface area contributed by atoms with E-state index in [1.54, 1.807) is 6.07 Å². The topological polar surface area (TPSA) is 59.8 Å². The molecule has 7 heteroatoms. The fraction of sp³-hybridized carbons (Fsp3) is 0.107. The molecule has 4 aromatic carbocycles. The molecule has 0 bridgehead atoms. The Balaban J connectivity index is 1.41. The maximum Gasteiger partial charge on any atom is 0.234 e. The number of para-hydroxylation sites is 1. The Morgan fingerprint density at radius 2 is 1.66 bits per heavy atom. The summed E-state index contributed by atoms with van der Waals surface area (Å²) in [4.78, 5) is 12.7. The lowest BCUT2D eigenvalue weighted by Crippen LogP contribution is -2.15. The lowest BCUT2D eigenvalue weighted by atomic mass is 10.0. The smallest absolute Gasteiger partial charge is 0.234 e. The van der Waals surface area contributed by atoms with Crippen LogP contribution in [-0.4, -0.2) is 26.4 Å². The minimum atomic E-state index is -0.126. The number of amides is 1. The normalized spacial score (nSPS) is 11.0. The molecule has 0 fully saturated rings. The maximum atomic E-state index is 12.7. The summed E-state index contributed by atoms with van der Waals surface area (Å²) in [6.07, 6.45) is 0.623. The third-order valence-corrected chi connectivity index (χ3v) is 7.16. The maximum absolute atomic E-state index is 12.7. The van der Waals surface area contributed by atoms with Gasteiger partial charge in [0.2, 0.25) is 5.91 Å². The summed E-state index contributed by atoms with van der Waals surface area (Å²) in [5.41, 5.74) is 3.70. The van der Waals surface area contributed by atoms with Crippen LogP contribution in [0, 0.1) is 6.92 Å². The van der Waals surface area contributed by atoms with Crippen LogP contribution in [0.25, 0.3) is 16.5 Å². The van der Waals surface area contributed by atoms with Crippen molar-refractivity contribution in [1.82, 2.24) is 14.8 Å². The molecular formula is C28H23ClN4OS. The quantitative estimate of drug-likeness (QED) is 0.253. The molecule has 0 aliphatic rings. The van der Waals surface area contributed by atoms with E-state index >= 15 is 0 Å². The van der Waals surface area contributed by atoms with Crippen LogP contribution >= 0.6 is 23.4 Å². The summed E-state index contributed by atoms with van der Waals surface area (Å²) in [7, 11) is 0. The van der Waals surface area contributed by atoms with E-state index in [9.17, 15) is 4.79 Å². The highest BCUT2D eigenvalue weighted by Crippen LogP contribution is 2.27. The minimum Gasteiger partial charge on any atom is -0.325 e. The lowest BCUT2D eigenvalue weighted by molar-refractivity contribution is -0.113. The molecule has 0 aliphatic carbocycles. The molecule has 0 aliphatic heterocycles. The predicted molar refractivity (Wildman–Crippen MR) is 144 cm³/mol. The van der Waals surface area contributed by atoms with Crippen molar-refractivity contribution in [2.24, 2.45) is 0 Å². The van der Waals surface area contributed by atoms with Crippen molar-refractivity contribution >= 4 is 45.7 Å². The van der Waals surface area contributed by atoms with Crippen LogP contribution in [0.4, 0.5) is 5.69 Å². The van der Waals surface area contributed by atoms with Crippen LogP contribution in [0.1, 0.15) is 17.0 Å². The van der Waals surface area contributed by atoms with Crippen LogP contribution in [-0.2, 0) is 11.2 Å². The van der Waals surface area contributed by atoms with Gasteiger partial charge in [0.15, 0.2) is 5.16 Å². The summed E-state index contributed by atoms with van der Waals surface area (Å²) >= 11 is 7.54. The molecule has 0 saturated heterocycles. The van der Waals surface area contributed by atoms with E-state index in [1.807, 2.05) is 60.0 Å². The second-order valence-corrected chi connectivity index (χ2v) is 9.48. The first-order valence-corrected chi connectivity index (χ1v) is 12.6. The number of nitrogens with zero attached hydrogens (tertiary/aromatic N) is 3. The van der Waals surface area contributed by atoms with Gasteiger partial charge in [0, 0.05) is 22.8 Å². The molecule has 1 amide bonds. The Morgan fingerprint density at radius 3 is 2.51 bits per heavy atom. The molecule has 0 radical (unpaired) electrons. The monoisotopic (exact) mass is 498 g/mol. The van der Waals surface area contributed by atoms with E-state index in [2.05, 4.69) is 51.9 Å². The fourth-order valence-electron chi connectivity index (χ4n) is 4.02. The van der Waals surface area contributed by atoms with E-state index in [-0.39, 0.29) is 11.7 Å². The number of hydrogen-bond donors (Lipinski definition) is 1. The number of thioether (sulfide) groups is 1. The molecule has 0 spiro atoms. The summed E-state index contributed by atoms with van der Waals surface area (Å²) in [5.74, 6) is 0.894. The number of aromatic nitrogens is 3. The molecule has 0 saturated carbocycles. The van der Waals surface area contributed by atoms with Gasteiger partial charge in [0.1, 0.15) is 5.82 Å². The third kappa shape index (κ3) is 5.09. The molecule has 0 atom stereocenters. The van der Waals surface area contributed by atoms with Crippen molar-refractivity contribution in [3.8, 4) is 5.69 Å². The first kappa shape index (κ1) is 23.1. The predicted octanol–water partition coefficient (Wildman–Crippen LogP) is 6.70. The van der Waals surface area contributed by atoms with Crippen molar-refractivity contribution < 1.29 is 4.79 Å². The SMILES string of the molecule is Cc1c(Cl)cccc1NC(=O)CSc1nnc(Cc2cccc3ccccc23)n1-c1ccccc1. The van der Waals surface area contributed by atoms with Crippen LogP contribution < -0.4 is 5.32 Å². The van der Waals surface area contributed by atoms with E-state index in [1.165, 1.54) is 28.1 Å². The Morgan fingerprint density at radius 1 is 0.914 bits per heavy atom. The van der Waals surface area contributed by atoms with Gasteiger partial charge in [-0.3, -0.25) is 9.36 Å². The number of nitrogens with one attached hydrogen (secondary N) is 1. The van der Waals surface area contributed by atoms with Crippen molar-refractivity contribution in [3.63, 3.8) is 0 Å². The van der Waals surface area contributed by atoms with Crippen LogP contribution in [0.3, 0.4) is 0 Å². The van der Waals surface area contributed by atoms with Crippen molar-refractivity contribution in [3.05, 3.63) is 113 Å². The summed E-state index contributed by atoms with van der Waals surface area (Å²) in [5, 5.41) is 15.6. The second kappa shape index (κ2) is 10.3. The zero-order valence-corrected chi connectivity index (χ0v) is 20.7. The number of halogens is 1. The Kier molecular flexibility index (Phi) is 6.84. The fourth-order valence-corrected chi connectivity index (χ4v) is 4.97. The average Bonchev–Trinajstić information content (AvgIpc) is 3.28. The highest BCUT2D eigenvalue weighted by Gasteiger charge is 2.17. The zero-order chi connectivity index (χ0) is 24.2. The van der Waals surface area contributed by atoms with Crippen molar-refractivity contribution in [2.45, 2.75) is 18.5 Å². The molecule has 35 heavy (non-hydrogen) atoms. The zero-order valence-electron chi connectivity index (χ0n) is 19.1. The number of fused-ring (bicyclic) bond motifs is 1. The third-order valence-electron chi connectivity index (χ3n) is 5.82. The van der Waals surface area contributed by atoms with Gasteiger partial charge in [0.25, 0.3) is 0 Å². The average molecular weight is 499 g/mol. The van der Waals surface area contributed by atoms with Crippen molar-refractivity contribution in [1.29, 1.82) is 0 Å². The molecule has 0 unspecified atom stereocenters. The van der Waals surface area contributed by atoms with Crippen LogP contribution in [0.5, 0.6) is 0 Å². The molecular weight excluding hydrogens is 476 g/mol. The number of benzene rings is 4. The molecule has 5 nitrogen and oxygen atoms in total. The van der Waals surface area contributed by atoms with Gasteiger partial charge < -0.3 is 5.32 Å².